The number of fused-ring (bicyclic) bond motifs is 1. The van der Waals surface area contributed by atoms with Crippen molar-refractivity contribution in [3.05, 3.63) is 53.6 Å². The number of nitrogens with one attached hydrogen (secondary N) is 1. The summed E-state index contributed by atoms with van der Waals surface area (Å²) in [7, 11) is 0. The van der Waals surface area contributed by atoms with Gasteiger partial charge >= 0.3 is 6.03 Å². The molecular formula is C18H22FN3O. The number of hydrogen-bond acceptors (Lipinski definition) is 1. The lowest BCUT2D eigenvalue weighted by Gasteiger charge is -2.39. The lowest BCUT2D eigenvalue weighted by Crippen LogP contribution is -2.46. The highest BCUT2D eigenvalue weighted by molar-refractivity contribution is 5.89. The Morgan fingerprint density at radius 1 is 1.17 bits per heavy atom. The molecule has 1 aromatic carbocycles. The van der Waals surface area contributed by atoms with Gasteiger partial charge in [0.15, 0.2) is 0 Å². The second kappa shape index (κ2) is 6.07. The molecule has 1 aromatic heterocycles. The number of halogens is 1. The Bertz CT molecular complexity index is 706. The maximum absolute atomic E-state index is 13.0. The number of benzene rings is 1. The van der Waals surface area contributed by atoms with Crippen LogP contribution in [0.1, 0.15) is 31.3 Å². The Hall–Kier alpha value is -2.30. The first kappa shape index (κ1) is 15.6. The van der Waals surface area contributed by atoms with E-state index >= 15 is 0 Å². The van der Waals surface area contributed by atoms with Crippen molar-refractivity contribution in [1.82, 2.24) is 9.47 Å². The molecule has 1 atom stereocenters. The van der Waals surface area contributed by atoms with Gasteiger partial charge < -0.3 is 14.8 Å². The van der Waals surface area contributed by atoms with E-state index in [2.05, 4.69) is 42.8 Å². The highest BCUT2D eigenvalue weighted by Crippen LogP contribution is 2.33. The van der Waals surface area contributed by atoms with Gasteiger partial charge in [-0.2, -0.15) is 0 Å². The number of anilines is 1. The second-order valence-corrected chi connectivity index (χ2v) is 6.37. The van der Waals surface area contributed by atoms with Crippen molar-refractivity contribution in [2.24, 2.45) is 5.92 Å². The largest absolute Gasteiger partial charge is 0.345 e. The van der Waals surface area contributed by atoms with Crippen LogP contribution in [0.4, 0.5) is 14.9 Å². The van der Waals surface area contributed by atoms with E-state index in [1.807, 2.05) is 4.90 Å². The smallest absolute Gasteiger partial charge is 0.322 e. The predicted octanol–water partition coefficient (Wildman–Crippen LogP) is 4.18. The molecular weight excluding hydrogens is 293 g/mol. The zero-order valence-corrected chi connectivity index (χ0v) is 13.7. The number of carbonyl (C=O) groups excluding carboxylic acids is 1. The molecule has 1 N–H and O–H groups in total. The molecule has 0 unspecified atom stereocenters. The molecule has 0 spiro atoms. The minimum absolute atomic E-state index is 0.0397. The number of rotatable bonds is 2. The molecule has 1 aliphatic rings. The molecule has 0 saturated heterocycles. The maximum atomic E-state index is 13.0. The molecule has 5 heteroatoms. The van der Waals surface area contributed by atoms with Gasteiger partial charge in [-0.3, -0.25) is 0 Å². The number of hydrogen-bond donors (Lipinski definition) is 1. The summed E-state index contributed by atoms with van der Waals surface area (Å²) in [4.78, 5) is 14.6. The molecule has 23 heavy (non-hydrogen) atoms. The lowest BCUT2D eigenvalue weighted by atomic mass is 9.97. The van der Waals surface area contributed by atoms with Gasteiger partial charge in [0.05, 0.1) is 6.04 Å². The summed E-state index contributed by atoms with van der Waals surface area (Å²) in [5.41, 5.74) is 3.01. The Morgan fingerprint density at radius 3 is 2.52 bits per heavy atom. The van der Waals surface area contributed by atoms with E-state index in [-0.39, 0.29) is 17.9 Å². The molecule has 0 aliphatic carbocycles. The Morgan fingerprint density at radius 2 is 1.87 bits per heavy atom. The van der Waals surface area contributed by atoms with E-state index in [1.54, 1.807) is 12.1 Å². The molecule has 4 nitrogen and oxygen atoms in total. The van der Waals surface area contributed by atoms with Gasteiger partial charge in [0, 0.05) is 30.2 Å². The van der Waals surface area contributed by atoms with Crippen molar-refractivity contribution < 1.29 is 9.18 Å². The summed E-state index contributed by atoms with van der Waals surface area (Å²) in [6.45, 7) is 7.81. The molecule has 2 heterocycles. The zero-order chi connectivity index (χ0) is 16.6. The van der Waals surface area contributed by atoms with Crippen LogP contribution in [0.25, 0.3) is 0 Å². The van der Waals surface area contributed by atoms with Crippen LogP contribution in [0.3, 0.4) is 0 Å². The minimum atomic E-state index is -0.311. The molecule has 0 fully saturated rings. The highest BCUT2D eigenvalue weighted by Gasteiger charge is 2.33. The van der Waals surface area contributed by atoms with Crippen LogP contribution in [0, 0.1) is 18.7 Å². The third-order valence-electron chi connectivity index (χ3n) is 4.42. The minimum Gasteiger partial charge on any atom is -0.345 e. The van der Waals surface area contributed by atoms with Gasteiger partial charge in [-0.25, -0.2) is 9.18 Å². The summed E-state index contributed by atoms with van der Waals surface area (Å²) < 4.78 is 15.3. The average Bonchev–Trinajstić information content (AvgIpc) is 2.90. The summed E-state index contributed by atoms with van der Waals surface area (Å²) in [6, 6.07) is 9.96. The van der Waals surface area contributed by atoms with E-state index < -0.39 is 0 Å². The van der Waals surface area contributed by atoms with Crippen LogP contribution >= 0.6 is 0 Å². The number of aromatic nitrogens is 1. The van der Waals surface area contributed by atoms with Crippen LogP contribution in [-0.2, 0) is 6.54 Å². The summed E-state index contributed by atoms with van der Waals surface area (Å²) in [5, 5.41) is 2.87. The lowest BCUT2D eigenvalue weighted by molar-refractivity contribution is 0.143. The first-order chi connectivity index (χ1) is 11.0. The van der Waals surface area contributed by atoms with Crippen LogP contribution in [0.15, 0.2) is 36.4 Å². The fourth-order valence-electron chi connectivity index (χ4n) is 3.32. The molecule has 2 aromatic rings. The standard InChI is InChI=1S/C18H22FN3O/c1-12(2)17-16-9-4-13(3)21(16)10-11-22(17)18(23)20-15-7-5-14(19)6-8-15/h4-9,12,17H,10-11H2,1-3H3,(H,20,23)/t17-/m1/s1. The molecule has 2 amide bonds. The van der Waals surface area contributed by atoms with Gasteiger partial charge in [0.1, 0.15) is 5.82 Å². The number of carbonyl (C=O) groups is 1. The monoisotopic (exact) mass is 315 g/mol. The van der Waals surface area contributed by atoms with E-state index in [1.165, 1.54) is 23.5 Å². The first-order valence-corrected chi connectivity index (χ1v) is 7.96. The summed E-state index contributed by atoms with van der Waals surface area (Å²) >= 11 is 0. The van der Waals surface area contributed by atoms with Crippen molar-refractivity contribution in [2.75, 3.05) is 11.9 Å². The SMILES string of the molecule is Cc1ccc2n1CCN(C(=O)Nc1ccc(F)cc1)[C@@H]2C(C)C. The molecule has 122 valence electrons. The van der Waals surface area contributed by atoms with Gasteiger partial charge in [0.25, 0.3) is 0 Å². The van der Waals surface area contributed by atoms with Crippen LogP contribution in [0.5, 0.6) is 0 Å². The fourth-order valence-corrected chi connectivity index (χ4v) is 3.32. The van der Waals surface area contributed by atoms with Crippen LogP contribution < -0.4 is 5.32 Å². The molecule has 0 saturated carbocycles. The van der Waals surface area contributed by atoms with Crippen molar-refractivity contribution in [3.8, 4) is 0 Å². The van der Waals surface area contributed by atoms with E-state index in [9.17, 15) is 9.18 Å². The van der Waals surface area contributed by atoms with E-state index in [4.69, 9.17) is 0 Å². The van der Waals surface area contributed by atoms with Gasteiger partial charge in [-0.15, -0.1) is 0 Å². The Balaban J connectivity index is 1.83. The van der Waals surface area contributed by atoms with Crippen molar-refractivity contribution in [2.45, 2.75) is 33.4 Å². The van der Waals surface area contributed by atoms with Crippen LogP contribution in [0.2, 0.25) is 0 Å². The van der Waals surface area contributed by atoms with Gasteiger partial charge in [0.2, 0.25) is 0 Å². The second-order valence-electron chi connectivity index (χ2n) is 6.37. The van der Waals surface area contributed by atoms with E-state index in [0.29, 0.717) is 18.2 Å². The molecule has 3 rings (SSSR count). The Labute approximate surface area is 135 Å². The number of urea groups is 1. The summed E-state index contributed by atoms with van der Waals surface area (Å²) in [5.74, 6) is -0.00310. The highest BCUT2D eigenvalue weighted by atomic mass is 19.1. The normalized spacial score (nSPS) is 17.3. The predicted molar refractivity (Wildman–Crippen MR) is 88.9 cm³/mol. The van der Waals surface area contributed by atoms with Gasteiger partial charge in [-0.1, -0.05) is 13.8 Å². The number of aryl methyl sites for hydroxylation is 1. The maximum Gasteiger partial charge on any atom is 0.322 e. The first-order valence-electron chi connectivity index (χ1n) is 7.96. The van der Waals surface area contributed by atoms with Crippen molar-refractivity contribution in [1.29, 1.82) is 0 Å². The third kappa shape index (κ3) is 2.96. The molecule has 0 radical (unpaired) electrons. The topological polar surface area (TPSA) is 37.3 Å². The average molecular weight is 315 g/mol. The Kier molecular flexibility index (Phi) is 4.11. The summed E-state index contributed by atoms with van der Waals surface area (Å²) in [6.07, 6.45) is 0. The van der Waals surface area contributed by atoms with E-state index in [0.717, 1.165) is 6.54 Å². The fraction of sp³-hybridized carbons (Fsp3) is 0.389. The molecule has 0 bridgehead atoms. The number of amides is 2. The number of nitrogens with zero attached hydrogens (tertiary/aromatic N) is 2. The zero-order valence-electron chi connectivity index (χ0n) is 13.7. The van der Waals surface area contributed by atoms with Crippen LogP contribution in [-0.4, -0.2) is 22.0 Å². The molecule has 1 aliphatic heterocycles. The van der Waals surface area contributed by atoms with Crippen molar-refractivity contribution >= 4 is 11.7 Å². The van der Waals surface area contributed by atoms with Gasteiger partial charge in [-0.05, 0) is 49.2 Å². The quantitative estimate of drug-likeness (QED) is 0.887. The third-order valence-corrected chi connectivity index (χ3v) is 4.42. The van der Waals surface area contributed by atoms with Crippen molar-refractivity contribution in [3.63, 3.8) is 0 Å².